The fraction of sp³-hybridized carbons (Fsp3) is 0.559. The number of benzene rings is 1. The topological polar surface area (TPSA) is 82.2 Å². The number of aliphatic hydroxyl groups excluding tert-OH is 1. The predicted octanol–water partition coefficient (Wildman–Crippen LogP) is 6.61. The SMILES string of the molecule is C=C(/C=C\C(=NC)N(C)C)C1CCC(CN(C(=O)C2CCC(O)CC2)c2cccc(-c3coc(C4CC4)n3)c2)CC1. The van der Waals surface area contributed by atoms with Gasteiger partial charge in [-0.25, -0.2) is 4.98 Å². The van der Waals surface area contributed by atoms with Gasteiger partial charge in [-0.2, -0.15) is 0 Å². The number of nitrogens with zero attached hydrogens (tertiary/aromatic N) is 4. The van der Waals surface area contributed by atoms with Gasteiger partial charge in [-0.3, -0.25) is 9.79 Å². The summed E-state index contributed by atoms with van der Waals surface area (Å²) in [6.07, 6.45) is 15.1. The van der Waals surface area contributed by atoms with Gasteiger partial charge in [0.1, 0.15) is 17.8 Å². The molecule has 3 fully saturated rings. The molecule has 41 heavy (non-hydrogen) atoms. The molecule has 0 saturated heterocycles. The minimum absolute atomic E-state index is 0.0389. The summed E-state index contributed by atoms with van der Waals surface area (Å²) in [7, 11) is 5.80. The van der Waals surface area contributed by atoms with E-state index in [1.165, 1.54) is 0 Å². The molecule has 5 rings (SSSR count). The smallest absolute Gasteiger partial charge is 0.230 e. The van der Waals surface area contributed by atoms with Crippen LogP contribution in [0.5, 0.6) is 0 Å². The van der Waals surface area contributed by atoms with E-state index in [9.17, 15) is 9.90 Å². The quantitative estimate of drug-likeness (QED) is 0.213. The number of likely N-dealkylation sites (N-methyl/N-ethyl adjacent to an activating group) is 1. The molecule has 1 heterocycles. The van der Waals surface area contributed by atoms with Crippen molar-refractivity contribution in [3.05, 3.63) is 60.7 Å². The molecule has 3 aliphatic rings. The Balaban J connectivity index is 1.29. The molecular weight excluding hydrogens is 512 g/mol. The van der Waals surface area contributed by atoms with Gasteiger partial charge < -0.3 is 19.3 Å². The number of carbonyl (C=O) groups is 1. The van der Waals surface area contributed by atoms with Crippen LogP contribution >= 0.6 is 0 Å². The van der Waals surface area contributed by atoms with Crippen LogP contribution in [0, 0.1) is 17.8 Å². The Morgan fingerprint density at radius 2 is 1.76 bits per heavy atom. The van der Waals surface area contributed by atoms with Crippen LogP contribution < -0.4 is 4.90 Å². The van der Waals surface area contributed by atoms with Crippen LogP contribution in [0.1, 0.15) is 76.0 Å². The number of hydrogen-bond donors (Lipinski definition) is 1. The van der Waals surface area contributed by atoms with E-state index in [-0.39, 0.29) is 17.9 Å². The number of aromatic nitrogens is 1. The first kappa shape index (κ1) is 29.3. The van der Waals surface area contributed by atoms with Crippen molar-refractivity contribution < 1.29 is 14.3 Å². The second kappa shape index (κ2) is 13.2. The highest BCUT2D eigenvalue weighted by atomic mass is 16.3. The first-order valence-electron chi connectivity index (χ1n) is 15.4. The average Bonchev–Trinajstić information content (AvgIpc) is 3.72. The number of aliphatic hydroxyl groups is 1. The van der Waals surface area contributed by atoms with Crippen LogP contribution in [0.25, 0.3) is 11.3 Å². The highest BCUT2D eigenvalue weighted by molar-refractivity contribution is 5.95. The minimum atomic E-state index is -0.279. The first-order valence-corrected chi connectivity index (χ1v) is 15.4. The van der Waals surface area contributed by atoms with Gasteiger partial charge in [0.05, 0.1) is 6.10 Å². The van der Waals surface area contributed by atoms with E-state index < -0.39 is 0 Å². The molecule has 7 nitrogen and oxygen atoms in total. The maximum absolute atomic E-state index is 14.0. The molecule has 220 valence electrons. The van der Waals surface area contributed by atoms with E-state index in [0.717, 1.165) is 92.2 Å². The average molecular weight is 559 g/mol. The molecule has 0 unspecified atom stereocenters. The molecular formula is C34H46N4O3. The lowest BCUT2D eigenvalue weighted by Gasteiger charge is -2.36. The van der Waals surface area contributed by atoms with E-state index in [1.54, 1.807) is 6.26 Å². The number of anilines is 1. The molecule has 3 saturated carbocycles. The number of carbonyl (C=O) groups excluding carboxylic acids is 1. The molecule has 2 aromatic rings. The fourth-order valence-corrected chi connectivity index (χ4v) is 6.35. The largest absolute Gasteiger partial charge is 0.448 e. The van der Waals surface area contributed by atoms with Crippen molar-refractivity contribution in [2.45, 2.75) is 76.2 Å². The third kappa shape index (κ3) is 7.37. The lowest BCUT2D eigenvalue weighted by molar-refractivity contribution is -0.124. The van der Waals surface area contributed by atoms with Crippen molar-refractivity contribution in [2.75, 3.05) is 32.6 Å². The summed E-state index contributed by atoms with van der Waals surface area (Å²) in [6.45, 7) is 5.09. The van der Waals surface area contributed by atoms with Gasteiger partial charge in [-0.05, 0) is 94.3 Å². The zero-order valence-corrected chi connectivity index (χ0v) is 25.0. The van der Waals surface area contributed by atoms with Gasteiger partial charge in [-0.15, -0.1) is 0 Å². The fourth-order valence-electron chi connectivity index (χ4n) is 6.35. The summed E-state index contributed by atoms with van der Waals surface area (Å²) >= 11 is 0. The molecule has 7 heteroatoms. The molecule has 0 atom stereocenters. The van der Waals surface area contributed by atoms with Gasteiger partial charge in [0.2, 0.25) is 5.91 Å². The van der Waals surface area contributed by atoms with E-state index >= 15 is 0 Å². The third-order valence-electron chi connectivity index (χ3n) is 9.16. The van der Waals surface area contributed by atoms with Gasteiger partial charge >= 0.3 is 0 Å². The normalized spacial score (nSPS) is 25.3. The van der Waals surface area contributed by atoms with Crippen molar-refractivity contribution in [1.82, 2.24) is 9.88 Å². The van der Waals surface area contributed by atoms with Crippen molar-refractivity contribution in [1.29, 1.82) is 0 Å². The molecule has 1 N–H and O–H groups in total. The van der Waals surface area contributed by atoms with Crippen molar-refractivity contribution in [2.24, 2.45) is 22.7 Å². The number of amidine groups is 1. The van der Waals surface area contributed by atoms with Crippen molar-refractivity contribution in [3.63, 3.8) is 0 Å². The van der Waals surface area contributed by atoms with Gasteiger partial charge in [0, 0.05) is 50.8 Å². The molecule has 0 spiro atoms. The highest BCUT2D eigenvalue weighted by Crippen LogP contribution is 2.41. The van der Waals surface area contributed by atoms with Gasteiger partial charge in [0.25, 0.3) is 0 Å². The van der Waals surface area contributed by atoms with E-state index in [2.05, 4.69) is 29.8 Å². The third-order valence-corrected chi connectivity index (χ3v) is 9.16. The minimum Gasteiger partial charge on any atom is -0.448 e. The maximum atomic E-state index is 14.0. The van der Waals surface area contributed by atoms with E-state index in [0.29, 0.717) is 30.6 Å². The number of amides is 1. The summed E-state index contributed by atoms with van der Waals surface area (Å²) in [5.41, 5.74) is 3.90. The number of oxazole rings is 1. The Morgan fingerprint density at radius 1 is 1.05 bits per heavy atom. The Hall–Kier alpha value is -3.19. The summed E-state index contributed by atoms with van der Waals surface area (Å²) < 4.78 is 5.76. The van der Waals surface area contributed by atoms with Crippen LogP contribution in [-0.2, 0) is 4.79 Å². The number of rotatable bonds is 9. The summed E-state index contributed by atoms with van der Waals surface area (Å²) in [6, 6.07) is 8.22. The molecule has 1 aromatic heterocycles. The van der Waals surface area contributed by atoms with Gasteiger partial charge in [0.15, 0.2) is 5.89 Å². The second-order valence-electron chi connectivity index (χ2n) is 12.5. The highest BCUT2D eigenvalue weighted by Gasteiger charge is 2.33. The number of aliphatic imine (C=N–C) groups is 1. The lowest BCUT2D eigenvalue weighted by Crippen LogP contribution is -2.42. The first-order chi connectivity index (χ1) is 19.8. The van der Waals surface area contributed by atoms with Gasteiger partial charge in [-0.1, -0.05) is 30.4 Å². The van der Waals surface area contributed by atoms with Crippen LogP contribution in [0.15, 0.2) is 64.2 Å². The van der Waals surface area contributed by atoms with Crippen LogP contribution in [0.3, 0.4) is 0 Å². The lowest BCUT2D eigenvalue weighted by atomic mass is 9.78. The number of allylic oxidation sites excluding steroid dienone is 2. The Bertz CT molecular complexity index is 1260. The molecule has 0 aliphatic heterocycles. The number of hydrogen-bond acceptors (Lipinski definition) is 5. The molecule has 0 radical (unpaired) electrons. The summed E-state index contributed by atoms with van der Waals surface area (Å²) in [4.78, 5) is 27.1. The maximum Gasteiger partial charge on any atom is 0.230 e. The van der Waals surface area contributed by atoms with Crippen LogP contribution in [-0.4, -0.2) is 60.5 Å². The standard InChI is InChI=1S/C34H46N4O3/c1-23(8-19-32(35-2)37(3)4)25-11-9-24(10-12-25)21-38(34(40)27-15-17-30(39)18-16-27)29-7-5-6-28(20-29)31-22-41-33(36-31)26-13-14-26/h5-8,19-20,22,24-27,30,39H,1,9-18,21H2,2-4H3/b19-8-,35-32?. The second-order valence-corrected chi connectivity index (χ2v) is 12.5. The molecule has 1 aromatic carbocycles. The predicted molar refractivity (Wildman–Crippen MR) is 165 cm³/mol. The zero-order valence-electron chi connectivity index (χ0n) is 25.0. The molecule has 0 bridgehead atoms. The van der Waals surface area contributed by atoms with Crippen LogP contribution in [0.2, 0.25) is 0 Å². The van der Waals surface area contributed by atoms with Crippen LogP contribution in [0.4, 0.5) is 5.69 Å². The Labute approximate surface area is 245 Å². The monoisotopic (exact) mass is 558 g/mol. The van der Waals surface area contributed by atoms with Crippen molar-refractivity contribution >= 4 is 17.4 Å². The Kier molecular flexibility index (Phi) is 9.43. The Morgan fingerprint density at radius 3 is 2.41 bits per heavy atom. The van der Waals surface area contributed by atoms with Crippen molar-refractivity contribution in [3.8, 4) is 11.3 Å². The summed E-state index contributed by atoms with van der Waals surface area (Å²) in [5.74, 6) is 3.27. The zero-order chi connectivity index (χ0) is 28.9. The van der Waals surface area contributed by atoms with E-state index in [4.69, 9.17) is 9.40 Å². The van der Waals surface area contributed by atoms with E-state index in [1.807, 2.05) is 49.2 Å². The molecule has 1 amide bonds. The summed E-state index contributed by atoms with van der Waals surface area (Å²) in [5, 5.41) is 10.1. The molecule has 3 aliphatic carbocycles.